The topological polar surface area (TPSA) is 58.4 Å². The molecule has 0 aliphatic carbocycles. The molecule has 3 N–H and O–H groups in total. The van der Waals surface area contributed by atoms with Crippen LogP contribution in [0.15, 0.2) is 24.3 Å². The Morgan fingerprint density at radius 1 is 1.29 bits per heavy atom. The van der Waals surface area contributed by atoms with Gasteiger partial charge in [-0.2, -0.15) is 0 Å². The number of nitrogens with two attached hydrogens (primary N) is 1. The zero-order valence-corrected chi connectivity index (χ0v) is 13.3. The fourth-order valence-electron chi connectivity index (χ4n) is 2.67. The first-order valence-corrected chi connectivity index (χ1v) is 7.94. The van der Waals surface area contributed by atoms with Gasteiger partial charge in [0.2, 0.25) is 0 Å². The summed E-state index contributed by atoms with van der Waals surface area (Å²) in [6, 6.07) is 7.41. The highest BCUT2D eigenvalue weighted by Gasteiger charge is 2.20. The molecule has 1 amide bonds. The predicted octanol–water partition coefficient (Wildman–Crippen LogP) is 1.93. The van der Waals surface area contributed by atoms with Crippen LogP contribution in [-0.2, 0) is 0 Å². The van der Waals surface area contributed by atoms with Crippen molar-refractivity contribution in [1.82, 2.24) is 10.2 Å². The molecule has 1 aliphatic rings. The van der Waals surface area contributed by atoms with Gasteiger partial charge < -0.3 is 16.0 Å². The van der Waals surface area contributed by atoms with Crippen molar-refractivity contribution in [3.8, 4) is 0 Å². The summed E-state index contributed by atoms with van der Waals surface area (Å²) in [5, 5.41) is 3.12. The lowest BCUT2D eigenvalue weighted by atomic mass is 10.0. The molecule has 0 saturated carbocycles. The van der Waals surface area contributed by atoms with Crippen LogP contribution in [0.5, 0.6) is 0 Å². The van der Waals surface area contributed by atoms with Gasteiger partial charge in [-0.3, -0.25) is 4.79 Å². The maximum Gasteiger partial charge on any atom is 0.251 e. The quantitative estimate of drug-likeness (QED) is 0.816. The van der Waals surface area contributed by atoms with Crippen LogP contribution in [0, 0.1) is 0 Å². The van der Waals surface area contributed by atoms with Gasteiger partial charge in [0.15, 0.2) is 0 Å². The van der Waals surface area contributed by atoms with Crippen molar-refractivity contribution in [2.45, 2.75) is 32.2 Å². The van der Waals surface area contributed by atoms with Crippen LogP contribution in [0.4, 0.5) is 0 Å². The van der Waals surface area contributed by atoms with E-state index in [1.807, 2.05) is 0 Å². The second kappa shape index (κ2) is 7.52. The van der Waals surface area contributed by atoms with Gasteiger partial charge in [0.25, 0.3) is 5.91 Å². The predicted molar refractivity (Wildman–Crippen MR) is 89.5 cm³/mol. The molecule has 2 rings (SSSR count). The lowest BCUT2D eigenvalue weighted by Gasteiger charge is -2.32. The van der Waals surface area contributed by atoms with Crippen LogP contribution < -0.4 is 11.1 Å². The molecule has 1 heterocycles. The number of carbonyl (C=O) groups is 1. The Morgan fingerprint density at radius 2 is 1.86 bits per heavy atom. The molecule has 1 saturated heterocycles. The summed E-state index contributed by atoms with van der Waals surface area (Å²) < 4.78 is 0. The Labute approximate surface area is 131 Å². The van der Waals surface area contributed by atoms with E-state index in [1.54, 1.807) is 24.3 Å². The SMILES string of the molecule is CCCN1CCC(NC(=O)c2ccc(C(N)=S)cc2)CC1. The van der Waals surface area contributed by atoms with Crippen LogP contribution in [0.3, 0.4) is 0 Å². The first-order chi connectivity index (χ1) is 10.1. The standard InChI is InChI=1S/C16H23N3OS/c1-2-9-19-10-7-14(8-11-19)18-16(20)13-5-3-12(4-6-13)15(17)21/h3-6,14H,2,7-11H2,1H3,(H2,17,21)(H,18,20). The molecule has 5 heteroatoms. The highest BCUT2D eigenvalue weighted by atomic mass is 32.1. The summed E-state index contributed by atoms with van der Waals surface area (Å²) in [4.78, 5) is 15.0. The second-order valence-electron chi connectivity index (χ2n) is 5.53. The lowest BCUT2D eigenvalue weighted by Crippen LogP contribution is -2.44. The van der Waals surface area contributed by atoms with Crippen LogP contribution in [0.1, 0.15) is 42.1 Å². The van der Waals surface area contributed by atoms with Gasteiger partial charge >= 0.3 is 0 Å². The minimum Gasteiger partial charge on any atom is -0.389 e. The van der Waals surface area contributed by atoms with E-state index in [0.29, 0.717) is 10.6 Å². The minimum atomic E-state index is -0.0153. The van der Waals surface area contributed by atoms with Crippen molar-refractivity contribution >= 4 is 23.1 Å². The molecule has 1 fully saturated rings. The lowest BCUT2D eigenvalue weighted by molar-refractivity contribution is 0.0911. The van der Waals surface area contributed by atoms with Gasteiger partial charge in [-0.15, -0.1) is 0 Å². The van der Waals surface area contributed by atoms with Gasteiger partial charge in [0, 0.05) is 30.3 Å². The Bertz CT molecular complexity index is 493. The summed E-state index contributed by atoms with van der Waals surface area (Å²) >= 11 is 4.91. The number of likely N-dealkylation sites (tertiary alicyclic amines) is 1. The van der Waals surface area contributed by atoms with Crippen LogP contribution >= 0.6 is 12.2 Å². The highest BCUT2D eigenvalue weighted by Crippen LogP contribution is 2.12. The minimum absolute atomic E-state index is 0.0153. The van der Waals surface area contributed by atoms with Crippen molar-refractivity contribution in [2.75, 3.05) is 19.6 Å². The Kier molecular flexibility index (Phi) is 5.70. The molecule has 1 aromatic carbocycles. The molecule has 1 aliphatic heterocycles. The summed E-state index contributed by atoms with van der Waals surface area (Å²) in [7, 11) is 0. The van der Waals surface area contributed by atoms with Gasteiger partial charge in [0.05, 0.1) is 0 Å². The van der Waals surface area contributed by atoms with Gasteiger partial charge in [-0.25, -0.2) is 0 Å². The van der Waals surface area contributed by atoms with Crippen molar-refractivity contribution < 1.29 is 4.79 Å². The van der Waals surface area contributed by atoms with Crippen LogP contribution in [0.2, 0.25) is 0 Å². The molecule has 0 spiro atoms. The third kappa shape index (κ3) is 4.51. The summed E-state index contributed by atoms with van der Waals surface area (Å²) in [5.74, 6) is -0.0153. The monoisotopic (exact) mass is 305 g/mol. The molecule has 0 aromatic heterocycles. The Hall–Kier alpha value is -1.46. The molecule has 21 heavy (non-hydrogen) atoms. The average molecular weight is 305 g/mol. The molecule has 1 aromatic rings. The Balaban J connectivity index is 1.86. The molecule has 0 radical (unpaired) electrons. The number of amides is 1. The van der Waals surface area contributed by atoms with Crippen molar-refractivity contribution in [3.63, 3.8) is 0 Å². The van der Waals surface area contributed by atoms with E-state index in [2.05, 4.69) is 17.1 Å². The van der Waals surface area contributed by atoms with Crippen molar-refractivity contribution in [2.24, 2.45) is 5.73 Å². The Morgan fingerprint density at radius 3 is 2.38 bits per heavy atom. The van der Waals surface area contributed by atoms with Crippen LogP contribution in [-0.4, -0.2) is 41.5 Å². The highest BCUT2D eigenvalue weighted by molar-refractivity contribution is 7.80. The number of nitrogens with one attached hydrogen (secondary N) is 1. The normalized spacial score (nSPS) is 16.6. The maximum atomic E-state index is 12.2. The average Bonchev–Trinajstić information content (AvgIpc) is 2.49. The van der Waals surface area contributed by atoms with E-state index < -0.39 is 0 Å². The molecule has 0 atom stereocenters. The van der Waals surface area contributed by atoms with Crippen molar-refractivity contribution in [3.05, 3.63) is 35.4 Å². The van der Waals surface area contributed by atoms with Crippen molar-refractivity contribution in [1.29, 1.82) is 0 Å². The number of thiocarbonyl (C=S) groups is 1. The zero-order chi connectivity index (χ0) is 15.2. The molecule has 4 nitrogen and oxygen atoms in total. The fraction of sp³-hybridized carbons (Fsp3) is 0.500. The smallest absolute Gasteiger partial charge is 0.251 e. The molecular weight excluding hydrogens is 282 g/mol. The number of carbonyl (C=O) groups excluding carboxylic acids is 1. The third-order valence-electron chi connectivity index (χ3n) is 3.89. The number of hydrogen-bond acceptors (Lipinski definition) is 3. The van der Waals surface area contributed by atoms with E-state index in [9.17, 15) is 4.79 Å². The summed E-state index contributed by atoms with van der Waals surface area (Å²) in [6.07, 6.45) is 3.24. The molecule has 0 unspecified atom stereocenters. The number of nitrogens with zero attached hydrogens (tertiary/aromatic N) is 1. The van der Waals surface area contributed by atoms with Crippen LogP contribution in [0.25, 0.3) is 0 Å². The van der Waals surface area contributed by atoms with E-state index in [-0.39, 0.29) is 11.9 Å². The third-order valence-corrected chi connectivity index (χ3v) is 4.13. The number of benzene rings is 1. The fourth-order valence-corrected chi connectivity index (χ4v) is 2.81. The summed E-state index contributed by atoms with van der Waals surface area (Å²) in [6.45, 7) is 5.49. The first-order valence-electron chi connectivity index (χ1n) is 7.53. The van der Waals surface area contributed by atoms with E-state index in [1.165, 1.54) is 6.42 Å². The van der Waals surface area contributed by atoms with E-state index >= 15 is 0 Å². The molecule has 114 valence electrons. The van der Waals surface area contributed by atoms with Gasteiger partial charge in [-0.05, 0) is 37.9 Å². The summed E-state index contributed by atoms with van der Waals surface area (Å²) in [5.41, 5.74) is 7.00. The van der Waals surface area contributed by atoms with Gasteiger partial charge in [0.1, 0.15) is 4.99 Å². The molecular formula is C16H23N3OS. The second-order valence-corrected chi connectivity index (χ2v) is 5.97. The number of rotatable bonds is 5. The number of piperidine rings is 1. The zero-order valence-electron chi connectivity index (χ0n) is 12.5. The molecule has 0 bridgehead atoms. The first kappa shape index (κ1) is 15.9. The maximum absolute atomic E-state index is 12.2. The van der Waals surface area contributed by atoms with E-state index in [0.717, 1.165) is 38.0 Å². The number of hydrogen-bond donors (Lipinski definition) is 2. The largest absolute Gasteiger partial charge is 0.389 e. The van der Waals surface area contributed by atoms with E-state index in [4.69, 9.17) is 18.0 Å². The van der Waals surface area contributed by atoms with Gasteiger partial charge in [-0.1, -0.05) is 31.3 Å².